The van der Waals surface area contributed by atoms with Gasteiger partial charge >= 0.3 is 0 Å². The van der Waals surface area contributed by atoms with E-state index in [2.05, 4.69) is 5.32 Å². The smallest absolute Gasteiger partial charge is 0.258 e. The Morgan fingerprint density at radius 3 is 2.77 bits per heavy atom. The standard InChI is InChI=1S/C25H22ClN3O6/c1-32-21-10-15(9-17(26)23(21)33-12-22(27)30)24-28-18-5-3-2-4-16(18)25(31)29(24)11-14-6-7-19-20(8-14)35-13-34-19/h2-10,24,28H,11-13H2,1H3,(H2,27,30)/t24-/m0/s1. The summed E-state index contributed by atoms with van der Waals surface area (Å²) in [4.78, 5) is 26.5. The summed E-state index contributed by atoms with van der Waals surface area (Å²) in [7, 11) is 1.46. The van der Waals surface area contributed by atoms with Crippen LogP contribution in [0.15, 0.2) is 54.6 Å². The molecule has 1 atom stereocenters. The van der Waals surface area contributed by atoms with E-state index in [-0.39, 0.29) is 30.1 Å². The summed E-state index contributed by atoms with van der Waals surface area (Å²) < 4.78 is 21.8. The second-order valence-electron chi connectivity index (χ2n) is 8.00. The molecule has 0 radical (unpaired) electrons. The van der Waals surface area contributed by atoms with Gasteiger partial charge in [-0.1, -0.05) is 29.8 Å². The average molecular weight is 496 g/mol. The van der Waals surface area contributed by atoms with Gasteiger partial charge in [0.15, 0.2) is 29.6 Å². The summed E-state index contributed by atoms with van der Waals surface area (Å²) in [5.41, 5.74) is 7.99. The van der Waals surface area contributed by atoms with E-state index in [0.29, 0.717) is 40.6 Å². The first-order chi connectivity index (χ1) is 16.9. The number of nitrogens with zero attached hydrogens (tertiary/aromatic N) is 1. The number of halogens is 1. The van der Waals surface area contributed by atoms with E-state index in [9.17, 15) is 9.59 Å². The molecule has 3 N–H and O–H groups in total. The Bertz CT molecular complexity index is 1310. The van der Waals surface area contributed by atoms with Crippen LogP contribution < -0.4 is 30.0 Å². The number of fused-ring (bicyclic) bond motifs is 2. The highest BCUT2D eigenvalue weighted by Gasteiger charge is 2.34. The van der Waals surface area contributed by atoms with Crippen LogP contribution in [-0.4, -0.2) is 37.2 Å². The van der Waals surface area contributed by atoms with Crippen molar-refractivity contribution in [3.05, 3.63) is 76.3 Å². The second kappa shape index (κ2) is 9.27. The van der Waals surface area contributed by atoms with Gasteiger partial charge in [0, 0.05) is 17.8 Å². The van der Waals surface area contributed by atoms with Gasteiger partial charge in [-0.3, -0.25) is 9.59 Å². The fourth-order valence-electron chi connectivity index (χ4n) is 4.14. The number of primary amides is 1. The number of carbonyl (C=O) groups is 2. The second-order valence-corrected chi connectivity index (χ2v) is 8.41. The van der Waals surface area contributed by atoms with Crippen molar-refractivity contribution in [2.75, 3.05) is 25.8 Å². The molecule has 2 aliphatic rings. The molecule has 2 heterocycles. The molecule has 0 aromatic heterocycles. The Labute approximate surface area is 206 Å². The lowest BCUT2D eigenvalue weighted by Crippen LogP contribution is -2.42. The molecule has 0 fully saturated rings. The summed E-state index contributed by atoms with van der Waals surface area (Å²) in [5, 5.41) is 3.65. The van der Waals surface area contributed by atoms with Crippen LogP contribution >= 0.6 is 11.6 Å². The van der Waals surface area contributed by atoms with Crippen LogP contribution in [0.1, 0.15) is 27.7 Å². The number of benzene rings is 3. The van der Waals surface area contributed by atoms with E-state index in [4.69, 9.17) is 36.3 Å². The van der Waals surface area contributed by atoms with Crippen molar-refractivity contribution in [2.24, 2.45) is 5.73 Å². The Balaban J connectivity index is 1.54. The van der Waals surface area contributed by atoms with Crippen molar-refractivity contribution in [3.8, 4) is 23.0 Å². The highest BCUT2D eigenvalue weighted by Crippen LogP contribution is 2.42. The lowest BCUT2D eigenvalue weighted by molar-refractivity contribution is -0.119. The van der Waals surface area contributed by atoms with E-state index in [1.807, 2.05) is 36.4 Å². The van der Waals surface area contributed by atoms with E-state index < -0.39 is 12.1 Å². The number of methoxy groups -OCH3 is 1. The van der Waals surface area contributed by atoms with Crippen LogP contribution in [0.4, 0.5) is 5.69 Å². The maximum atomic E-state index is 13.6. The summed E-state index contributed by atoms with van der Waals surface area (Å²) >= 11 is 6.51. The quantitative estimate of drug-likeness (QED) is 0.513. The van der Waals surface area contributed by atoms with E-state index in [0.717, 1.165) is 5.56 Å². The molecular formula is C25H22ClN3O6. The molecule has 10 heteroatoms. The molecule has 0 aliphatic carbocycles. The summed E-state index contributed by atoms with van der Waals surface area (Å²) in [6.45, 7) is 0.113. The van der Waals surface area contributed by atoms with Gasteiger partial charge in [-0.25, -0.2) is 0 Å². The topological polar surface area (TPSA) is 112 Å². The number of amides is 2. The Morgan fingerprint density at radius 1 is 1.17 bits per heavy atom. The first-order valence-corrected chi connectivity index (χ1v) is 11.2. The van der Waals surface area contributed by atoms with E-state index in [1.165, 1.54) is 7.11 Å². The number of ether oxygens (including phenoxy) is 4. The number of hydrogen-bond donors (Lipinski definition) is 2. The fraction of sp³-hybridized carbons (Fsp3) is 0.200. The van der Waals surface area contributed by atoms with Crippen LogP contribution in [0.25, 0.3) is 0 Å². The monoisotopic (exact) mass is 495 g/mol. The lowest BCUT2D eigenvalue weighted by Gasteiger charge is -2.38. The average Bonchev–Trinajstić information content (AvgIpc) is 3.32. The molecule has 0 spiro atoms. The van der Waals surface area contributed by atoms with Gasteiger partial charge in [0.2, 0.25) is 6.79 Å². The first kappa shape index (κ1) is 22.7. The molecule has 0 unspecified atom stereocenters. The summed E-state index contributed by atoms with van der Waals surface area (Å²) in [6, 6.07) is 16.3. The van der Waals surface area contributed by atoms with Crippen molar-refractivity contribution >= 4 is 29.1 Å². The molecule has 0 saturated carbocycles. The number of anilines is 1. The number of nitrogens with one attached hydrogen (secondary N) is 1. The Morgan fingerprint density at radius 2 is 1.97 bits per heavy atom. The van der Waals surface area contributed by atoms with Crippen LogP contribution in [-0.2, 0) is 11.3 Å². The van der Waals surface area contributed by atoms with Gasteiger partial charge < -0.3 is 34.9 Å². The van der Waals surface area contributed by atoms with Gasteiger partial charge in [-0.2, -0.15) is 0 Å². The Hall–Kier alpha value is -4.11. The van der Waals surface area contributed by atoms with E-state index >= 15 is 0 Å². The Kier molecular flexibility index (Phi) is 6.00. The van der Waals surface area contributed by atoms with Crippen LogP contribution in [0.3, 0.4) is 0 Å². The van der Waals surface area contributed by atoms with Crippen molar-refractivity contribution in [1.82, 2.24) is 4.90 Å². The molecule has 2 aliphatic heterocycles. The minimum absolute atomic E-state index is 0.147. The summed E-state index contributed by atoms with van der Waals surface area (Å²) in [6.07, 6.45) is -0.570. The molecule has 0 bridgehead atoms. The highest BCUT2D eigenvalue weighted by molar-refractivity contribution is 6.32. The number of hydrogen-bond acceptors (Lipinski definition) is 7. The third kappa shape index (κ3) is 4.38. The van der Waals surface area contributed by atoms with Crippen LogP contribution in [0.2, 0.25) is 5.02 Å². The van der Waals surface area contributed by atoms with Gasteiger partial charge in [-0.05, 0) is 42.0 Å². The SMILES string of the molecule is COc1cc([C@H]2Nc3ccccc3C(=O)N2Cc2ccc3c(c2)OCO3)cc(Cl)c1OCC(N)=O. The van der Waals surface area contributed by atoms with Gasteiger partial charge in [-0.15, -0.1) is 0 Å². The predicted molar refractivity (Wildman–Crippen MR) is 128 cm³/mol. The van der Waals surface area contributed by atoms with Crippen molar-refractivity contribution in [2.45, 2.75) is 12.7 Å². The van der Waals surface area contributed by atoms with Gasteiger partial charge in [0.05, 0.1) is 17.7 Å². The number of carbonyl (C=O) groups excluding carboxylic acids is 2. The maximum absolute atomic E-state index is 13.6. The zero-order chi connectivity index (χ0) is 24.5. The zero-order valence-electron chi connectivity index (χ0n) is 18.7. The number of nitrogens with two attached hydrogens (primary N) is 1. The van der Waals surface area contributed by atoms with E-state index in [1.54, 1.807) is 23.1 Å². The predicted octanol–water partition coefficient (Wildman–Crippen LogP) is 3.71. The molecule has 9 nitrogen and oxygen atoms in total. The molecule has 35 heavy (non-hydrogen) atoms. The van der Waals surface area contributed by atoms with Crippen molar-refractivity contribution < 1.29 is 28.5 Å². The third-order valence-corrected chi connectivity index (χ3v) is 6.02. The minimum atomic E-state index is -0.641. The molecular weight excluding hydrogens is 474 g/mol. The molecule has 5 rings (SSSR count). The van der Waals surface area contributed by atoms with Crippen LogP contribution in [0.5, 0.6) is 23.0 Å². The minimum Gasteiger partial charge on any atom is -0.493 e. The fourth-order valence-corrected chi connectivity index (χ4v) is 4.41. The third-order valence-electron chi connectivity index (χ3n) is 5.74. The molecule has 180 valence electrons. The first-order valence-electron chi connectivity index (χ1n) is 10.8. The highest BCUT2D eigenvalue weighted by atomic mass is 35.5. The molecule has 3 aromatic carbocycles. The van der Waals surface area contributed by atoms with Crippen molar-refractivity contribution in [3.63, 3.8) is 0 Å². The zero-order valence-corrected chi connectivity index (χ0v) is 19.5. The van der Waals surface area contributed by atoms with Crippen molar-refractivity contribution in [1.29, 1.82) is 0 Å². The maximum Gasteiger partial charge on any atom is 0.258 e. The normalized spacial score (nSPS) is 15.9. The molecule has 2 amide bonds. The lowest BCUT2D eigenvalue weighted by atomic mass is 10.0. The largest absolute Gasteiger partial charge is 0.493 e. The van der Waals surface area contributed by atoms with Crippen LogP contribution in [0, 0.1) is 0 Å². The molecule has 0 saturated heterocycles. The number of para-hydroxylation sites is 1. The number of rotatable bonds is 7. The molecule has 3 aromatic rings. The van der Waals surface area contributed by atoms with Gasteiger partial charge in [0.1, 0.15) is 6.17 Å². The summed E-state index contributed by atoms with van der Waals surface area (Å²) in [5.74, 6) is 1.02. The van der Waals surface area contributed by atoms with Gasteiger partial charge in [0.25, 0.3) is 11.8 Å².